The predicted octanol–water partition coefficient (Wildman–Crippen LogP) is 1.20. The van der Waals surface area contributed by atoms with Crippen LogP contribution in [-0.2, 0) is 16.3 Å². The maximum Gasteiger partial charge on any atom is 0.276 e. The van der Waals surface area contributed by atoms with Gasteiger partial charge in [0.1, 0.15) is 10.7 Å². The van der Waals surface area contributed by atoms with Gasteiger partial charge in [0.15, 0.2) is 15.5 Å². The molecule has 2 aromatic rings. The third-order valence-electron chi connectivity index (χ3n) is 4.22. The number of rotatable bonds is 4. The maximum absolute atomic E-state index is 12.5. The van der Waals surface area contributed by atoms with E-state index < -0.39 is 9.84 Å². The van der Waals surface area contributed by atoms with E-state index in [2.05, 4.69) is 15.4 Å². The minimum atomic E-state index is -3.31. The molecule has 9 heteroatoms. The summed E-state index contributed by atoms with van der Waals surface area (Å²) in [5.74, 6) is 0.628. The Morgan fingerprint density at radius 1 is 1.50 bits per heavy atom. The Morgan fingerprint density at radius 3 is 2.96 bits per heavy atom. The minimum absolute atomic E-state index is 0.149. The molecule has 0 bridgehead atoms. The number of amides is 1. The highest BCUT2D eigenvalue weighted by Crippen LogP contribution is 2.24. The number of aryl methyl sites for hydroxylation is 1. The van der Waals surface area contributed by atoms with Gasteiger partial charge in [-0.15, -0.1) is 0 Å². The van der Waals surface area contributed by atoms with Crippen LogP contribution in [0.15, 0.2) is 21.7 Å². The van der Waals surface area contributed by atoms with E-state index >= 15 is 0 Å². The number of H-pyrrole nitrogens is 1. The van der Waals surface area contributed by atoms with Crippen LogP contribution in [0.2, 0.25) is 0 Å². The van der Waals surface area contributed by atoms with Crippen molar-refractivity contribution in [1.82, 2.24) is 20.3 Å². The van der Waals surface area contributed by atoms with E-state index in [4.69, 9.17) is 4.52 Å². The van der Waals surface area contributed by atoms with Gasteiger partial charge in [0.25, 0.3) is 5.91 Å². The van der Waals surface area contributed by atoms with E-state index in [0.717, 1.165) is 12.8 Å². The second-order valence-electron chi connectivity index (χ2n) is 6.27. The number of aromatic nitrogens is 3. The lowest BCUT2D eigenvalue weighted by Gasteiger charge is -2.32. The Balaban J connectivity index is 1.70. The van der Waals surface area contributed by atoms with Gasteiger partial charge in [-0.2, -0.15) is 5.10 Å². The fourth-order valence-corrected chi connectivity index (χ4v) is 3.92. The van der Waals surface area contributed by atoms with Crippen LogP contribution in [0.25, 0.3) is 0 Å². The molecule has 24 heavy (non-hydrogen) atoms. The van der Waals surface area contributed by atoms with Crippen molar-refractivity contribution >= 4 is 15.7 Å². The van der Waals surface area contributed by atoms with Crippen molar-refractivity contribution < 1.29 is 17.7 Å². The number of nitrogens with one attached hydrogen (secondary N) is 1. The first kappa shape index (κ1) is 16.7. The van der Waals surface area contributed by atoms with Gasteiger partial charge in [-0.3, -0.25) is 9.89 Å². The zero-order valence-electron chi connectivity index (χ0n) is 13.7. The first-order chi connectivity index (χ1) is 11.3. The lowest BCUT2D eigenvalue weighted by atomic mass is 9.93. The van der Waals surface area contributed by atoms with Crippen molar-refractivity contribution in [2.75, 3.05) is 19.3 Å². The van der Waals surface area contributed by atoms with Crippen LogP contribution in [0.4, 0.5) is 0 Å². The number of aromatic amines is 1. The summed E-state index contributed by atoms with van der Waals surface area (Å²) in [6, 6.07) is 1.63. The number of hydrogen-bond donors (Lipinski definition) is 1. The number of carbonyl (C=O) groups is 1. The van der Waals surface area contributed by atoms with E-state index in [0.29, 0.717) is 36.7 Å². The molecule has 130 valence electrons. The van der Waals surface area contributed by atoms with Crippen molar-refractivity contribution in [3.63, 3.8) is 0 Å². The first-order valence-electron chi connectivity index (χ1n) is 7.79. The molecule has 1 fully saturated rings. The van der Waals surface area contributed by atoms with Gasteiger partial charge in [0, 0.05) is 25.4 Å². The molecule has 3 rings (SSSR count). The molecule has 1 aliphatic rings. The Hall–Kier alpha value is -2.16. The number of piperidine rings is 1. The zero-order valence-corrected chi connectivity index (χ0v) is 14.5. The molecule has 0 aliphatic carbocycles. The van der Waals surface area contributed by atoms with Crippen molar-refractivity contribution in [2.24, 2.45) is 5.92 Å². The lowest BCUT2D eigenvalue weighted by molar-refractivity contribution is 0.0662. The van der Waals surface area contributed by atoms with Crippen LogP contribution < -0.4 is 0 Å². The largest absolute Gasteiger partial charge is 0.361 e. The quantitative estimate of drug-likeness (QED) is 0.885. The summed E-state index contributed by atoms with van der Waals surface area (Å²) >= 11 is 0. The van der Waals surface area contributed by atoms with Crippen molar-refractivity contribution in [1.29, 1.82) is 0 Å². The third-order valence-corrected chi connectivity index (χ3v) is 5.38. The summed E-state index contributed by atoms with van der Waals surface area (Å²) in [5.41, 5.74) is 0.917. The second-order valence-corrected chi connectivity index (χ2v) is 8.26. The van der Waals surface area contributed by atoms with E-state index in [9.17, 15) is 13.2 Å². The fourth-order valence-electron chi connectivity index (χ4n) is 3.10. The van der Waals surface area contributed by atoms with Gasteiger partial charge in [-0.05, 0) is 32.1 Å². The van der Waals surface area contributed by atoms with Gasteiger partial charge in [-0.1, -0.05) is 5.16 Å². The van der Waals surface area contributed by atoms with Crippen LogP contribution in [-0.4, -0.2) is 53.9 Å². The number of sulfone groups is 1. The van der Waals surface area contributed by atoms with Gasteiger partial charge in [-0.25, -0.2) is 8.42 Å². The predicted molar refractivity (Wildman–Crippen MR) is 85.3 cm³/mol. The van der Waals surface area contributed by atoms with Crippen molar-refractivity contribution in [3.8, 4) is 0 Å². The molecule has 0 radical (unpaired) electrons. The molecule has 0 spiro atoms. The van der Waals surface area contributed by atoms with Crippen LogP contribution in [0, 0.1) is 12.8 Å². The molecular weight excluding hydrogens is 332 g/mol. The van der Waals surface area contributed by atoms with Crippen LogP contribution in [0.3, 0.4) is 0 Å². The van der Waals surface area contributed by atoms with E-state index in [1.165, 1.54) is 12.5 Å². The SMILES string of the molecule is Cc1cc(C(=O)N2CCC[C@@H](Cc3[nH]ncc3S(C)(=O)=O)C2)no1. The molecule has 1 amide bonds. The normalized spacial score (nSPS) is 18.8. The van der Waals surface area contributed by atoms with E-state index in [1.807, 2.05) is 0 Å². The lowest BCUT2D eigenvalue weighted by Crippen LogP contribution is -2.40. The summed E-state index contributed by atoms with van der Waals surface area (Å²) in [4.78, 5) is 14.5. The Labute approximate surface area is 140 Å². The average molecular weight is 352 g/mol. The molecule has 1 aliphatic heterocycles. The Bertz CT molecular complexity index is 839. The third kappa shape index (κ3) is 3.50. The van der Waals surface area contributed by atoms with Gasteiger partial charge in [0.05, 0.1) is 11.9 Å². The van der Waals surface area contributed by atoms with Gasteiger partial charge < -0.3 is 9.42 Å². The molecule has 3 heterocycles. The van der Waals surface area contributed by atoms with Gasteiger partial charge in [0.2, 0.25) is 0 Å². The Kier molecular flexibility index (Phi) is 4.44. The number of likely N-dealkylation sites (tertiary alicyclic amines) is 1. The fraction of sp³-hybridized carbons (Fsp3) is 0.533. The van der Waals surface area contributed by atoms with Gasteiger partial charge >= 0.3 is 0 Å². The van der Waals surface area contributed by atoms with Crippen LogP contribution >= 0.6 is 0 Å². The molecule has 1 atom stereocenters. The second kappa shape index (κ2) is 6.39. The molecule has 8 nitrogen and oxygen atoms in total. The molecule has 2 aromatic heterocycles. The minimum Gasteiger partial charge on any atom is -0.361 e. The summed E-state index contributed by atoms with van der Waals surface area (Å²) in [6.45, 7) is 2.98. The highest BCUT2D eigenvalue weighted by molar-refractivity contribution is 7.90. The average Bonchev–Trinajstić information content (AvgIpc) is 3.15. The van der Waals surface area contributed by atoms with Crippen LogP contribution in [0.1, 0.15) is 34.8 Å². The summed E-state index contributed by atoms with van der Waals surface area (Å²) in [7, 11) is -3.31. The molecule has 1 N–H and O–H groups in total. The summed E-state index contributed by atoms with van der Waals surface area (Å²) < 4.78 is 28.5. The highest BCUT2D eigenvalue weighted by Gasteiger charge is 2.28. The number of hydrogen-bond acceptors (Lipinski definition) is 6. The zero-order chi connectivity index (χ0) is 17.3. The summed E-state index contributed by atoms with van der Waals surface area (Å²) in [6.07, 6.45) is 4.86. The smallest absolute Gasteiger partial charge is 0.276 e. The number of carbonyl (C=O) groups excluding carboxylic acids is 1. The standard InChI is InChI=1S/C15H20N4O4S/c1-10-6-13(18-23-10)15(20)19-5-3-4-11(9-19)7-12-14(8-16-17-12)24(2,21)22/h6,8,11H,3-5,7,9H2,1-2H3,(H,16,17)/t11-/m0/s1. The van der Waals surface area contributed by atoms with E-state index in [1.54, 1.807) is 17.9 Å². The molecular formula is C15H20N4O4S. The number of nitrogens with zero attached hydrogens (tertiary/aromatic N) is 3. The van der Waals surface area contributed by atoms with Crippen molar-refractivity contribution in [2.45, 2.75) is 31.1 Å². The summed E-state index contributed by atoms with van der Waals surface area (Å²) in [5, 5.41) is 10.4. The molecule has 0 saturated carbocycles. The molecule has 0 unspecified atom stereocenters. The Morgan fingerprint density at radius 2 is 2.29 bits per heavy atom. The molecule has 0 aromatic carbocycles. The van der Waals surface area contributed by atoms with Crippen LogP contribution in [0.5, 0.6) is 0 Å². The molecule has 1 saturated heterocycles. The monoisotopic (exact) mass is 352 g/mol. The first-order valence-corrected chi connectivity index (χ1v) is 9.68. The topological polar surface area (TPSA) is 109 Å². The highest BCUT2D eigenvalue weighted by atomic mass is 32.2. The van der Waals surface area contributed by atoms with Crippen molar-refractivity contribution in [3.05, 3.63) is 29.4 Å². The maximum atomic E-state index is 12.5. The van der Waals surface area contributed by atoms with E-state index in [-0.39, 0.29) is 16.7 Å².